The first-order valence-corrected chi connectivity index (χ1v) is 15.5. The van der Waals surface area contributed by atoms with Gasteiger partial charge < -0.3 is 14.1 Å². The third-order valence-corrected chi connectivity index (χ3v) is 9.95. The summed E-state index contributed by atoms with van der Waals surface area (Å²) in [4.78, 5) is 3.79. The van der Waals surface area contributed by atoms with Gasteiger partial charge in [-0.1, -0.05) is 103 Å². The molecule has 208 valence electrons. The number of nitrogens with one attached hydrogen (secondary N) is 1. The van der Waals surface area contributed by atoms with Crippen LogP contribution in [0.3, 0.4) is 0 Å². The molecule has 11 rings (SSSR count). The lowest BCUT2D eigenvalue weighted by atomic mass is 9.98. The summed E-state index contributed by atoms with van der Waals surface area (Å²) in [6.07, 6.45) is 0. The number of aromatic amines is 1. The average Bonchev–Trinajstić information content (AvgIpc) is 3.75. The molecule has 0 amide bonds. The first kappa shape index (κ1) is 23.4. The van der Waals surface area contributed by atoms with Crippen LogP contribution in [-0.2, 0) is 0 Å². The van der Waals surface area contributed by atoms with Gasteiger partial charge in [0, 0.05) is 54.3 Å². The fraction of sp³-hybridized carbons (Fsp3) is 0. The number of para-hydroxylation sites is 3. The largest absolute Gasteiger partial charge is 0.354 e. The number of H-pyrrole nitrogens is 1. The molecule has 0 unspecified atom stereocenters. The van der Waals surface area contributed by atoms with Gasteiger partial charge in [0.15, 0.2) is 0 Å². The van der Waals surface area contributed by atoms with E-state index in [1.807, 2.05) is 0 Å². The van der Waals surface area contributed by atoms with E-state index in [4.69, 9.17) is 0 Å². The van der Waals surface area contributed by atoms with E-state index in [0.717, 1.165) is 0 Å². The molecule has 11 aromatic rings. The van der Waals surface area contributed by atoms with Crippen molar-refractivity contribution in [2.24, 2.45) is 0 Å². The Morgan fingerprint density at radius 2 is 1.16 bits per heavy atom. The van der Waals surface area contributed by atoms with Crippen LogP contribution in [0.15, 0.2) is 146 Å². The number of rotatable bonds is 2. The maximum atomic E-state index is 3.79. The molecule has 0 atom stereocenters. The van der Waals surface area contributed by atoms with Crippen molar-refractivity contribution in [1.29, 1.82) is 0 Å². The zero-order valence-electron chi connectivity index (χ0n) is 24.3. The van der Waals surface area contributed by atoms with Crippen molar-refractivity contribution in [1.82, 2.24) is 14.1 Å². The molecule has 0 bridgehead atoms. The minimum Gasteiger partial charge on any atom is -0.354 e. The summed E-state index contributed by atoms with van der Waals surface area (Å²) in [7, 11) is 0. The Labute approximate surface area is 257 Å². The van der Waals surface area contributed by atoms with Gasteiger partial charge in [0.25, 0.3) is 0 Å². The number of fused-ring (bicyclic) bond motifs is 9. The Morgan fingerprint density at radius 3 is 2.07 bits per heavy atom. The van der Waals surface area contributed by atoms with E-state index in [1.54, 1.807) is 0 Å². The molecule has 3 heteroatoms. The number of nitrogens with zero attached hydrogens (tertiary/aromatic N) is 2. The van der Waals surface area contributed by atoms with Gasteiger partial charge >= 0.3 is 0 Å². The van der Waals surface area contributed by atoms with Crippen LogP contribution >= 0.6 is 0 Å². The lowest BCUT2D eigenvalue weighted by Crippen LogP contribution is -1.99. The highest BCUT2D eigenvalue weighted by molar-refractivity contribution is 6.36. The van der Waals surface area contributed by atoms with Crippen LogP contribution in [0.2, 0.25) is 0 Å². The second-order valence-corrected chi connectivity index (χ2v) is 12.2. The Hall–Kier alpha value is -6.06. The number of hydrogen-bond donors (Lipinski definition) is 1. The fourth-order valence-electron chi connectivity index (χ4n) is 8.14. The number of aromatic nitrogens is 3. The summed E-state index contributed by atoms with van der Waals surface area (Å²) in [5.41, 5.74) is 9.66. The summed E-state index contributed by atoms with van der Waals surface area (Å²) >= 11 is 0. The summed E-state index contributed by atoms with van der Waals surface area (Å²) in [6.45, 7) is 0. The smallest absolute Gasteiger partial charge is 0.0795 e. The van der Waals surface area contributed by atoms with Gasteiger partial charge in [-0.3, -0.25) is 0 Å². The molecular formula is C42H25N3. The van der Waals surface area contributed by atoms with Crippen molar-refractivity contribution >= 4 is 87.0 Å². The van der Waals surface area contributed by atoms with E-state index in [1.165, 1.54) is 98.3 Å². The summed E-state index contributed by atoms with van der Waals surface area (Å²) < 4.78 is 5.04. The van der Waals surface area contributed by atoms with Crippen LogP contribution in [0.5, 0.6) is 0 Å². The van der Waals surface area contributed by atoms with Crippen LogP contribution < -0.4 is 0 Å². The van der Waals surface area contributed by atoms with Crippen molar-refractivity contribution in [3.05, 3.63) is 146 Å². The van der Waals surface area contributed by atoms with Gasteiger partial charge in [-0.2, -0.15) is 0 Å². The Balaban J connectivity index is 1.49. The molecule has 3 heterocycles. The minimum absolute atomic E-state index is 1.17. The van der Waals surface area contributed by atoms with Gasteiger partial charge in [0.2, 0.25) is 0 Å². The van der Waals surface area contributed by atoms with Gasteiger partial charge in [-0.05, 0) is 53.2 Å². The first-order chi connectivity index (χ1) is 22.3. The summed E-state index contributed by atoms with van der Waals surface area (Å²) in [5, 5.41) is 12.7. The minimum atomic E-state index is 1.17. The monoisotopic (exact) mass is 571 g/mol. The molecule has 0 fully saturated rings. The highest BCUT2D eigenvalue weighted by Crippen LogP contribution is 2.48. The molecule has 0 aliphatic rings. The zero-order valence-corrected chi connectivity index (χ0v) is 24.3. The molecule has 0 radical (unpaired) electrons. The third-order valence-electron chi connectivity index (χ3n) is 9.95. The van der Waals surface area contributed by atoms with Gasteiger partial charge in [0.1, 0.15) is 0 Å². The molecule has 3 aromatic heterocycles. The Morgan fingerprint density at radius 1 is 0.400 bits per heavy atom. The summed E-state index contributed by atoms with van der Waals surface area (Å²) in [5.74, 6) is 0. The lowest BCUT2D eigenvalue weighted by molar-refractivity contribution is 1.16. The van der Waals surface area contributed by atoms with E-state index < -0.39 is 0 Å². The van der Waals surface area contributed by atoms with Crippen molar-refractivity contribution in [3.63, 3.8) is 0 Å². The summed E-state index contributed by atoms with van der Waals surface area (Å²) in [6, 6.07) is 53.3. The normalized spacial score (nSPS) is 12.4. The molecule has 1 N–H and O–H groups in total. The lowest BCUT2D eigenvalue weighted by Gasteiger charge is -2.14. The van der Waals surface area contributed by atoms with E-state index in [2.05, 4.69) is 160 Å². The Kier molecular flexibility index (Phi) is 4.32. The maximum absolute atomic E-state index is 3.79. The van der Waals surface area contributed by atoms with Crippen molar-refractivity contribution in [2.45, 2.75) is 0 Å². The van der Waals surface area contributed by atoms with Gasteiger partial charge in [-0.15, -0.1) is 0 Å². The number of hydrogen-bond acceptors (Lipinski definition) is 0. The third kappa shape index (κ3) is 2.90. The van der Waals surface area contributed by atoms with Crippen LogP contribution in [0.1, 0.15) is 0 Å². The highest BCUT2D eigenvalue weighted by atomic mass is 15.0. The molecular weight excluding hydrogens is 546 g/mol. The van der Waals surface area contributed by atoms with E-state index in [0.29, 0.717) is 0 Å². The number of benzene rings is 8. The van der Waals surface area contributed by atoms with Crippen molar-refractivity contribution in [3.8, 4) is 11.4 Å². The topological polar surface area (TPSA) is 25.6 Å². The standard InChI is InChI=1S/C42H25N3/c1-2-13-27(14-3-1)44-36-19-9-7-17-30(36)33-23-26-21-22-31-39-37(24-32-29-16-6-8-18-34(29)43-40(31)32)45(42(38(26)39)41(33)44)35-20-10-12-25-11-4-5-15-28(25)35/h1-24,43H. The fourth-order valence-corrected chi connectivity index (χ4v) is 8.14. The van der Waals surface area contributed by atoms with Crippen LogP contribution in [0.4, 0.5) is 0 Å². The predicted molar refractivity (Wildman–Crippen MR) is 191 cm³/mol. The van der Waals surface area contributed by atoms with Gasteiger partial charge in [0.05, 0.1) is 33.3 Å². The van der Waals surface area contributed by atoms with Crippen LogP contribution in [-0.4, -0.2) is 14.1 Å². The molecule has 8 aromatic carbocycles. The van der Waals surface area contributed by atoms with Crippen molar-refractivity contribution in [2.75, 3.05) is 0 Å². The second-order valence-electron chi connectivity index (χ2n) is 12.2. The molecule has 0 saturated heterocycles. The average molecular weight is 572 g/mol. The zero-order chi connectivity index (χ0) is 29.2. The van der Waals surface area contributed by atoms with Crippen LogP contribution in [0.25, 0.3) is 98.3 Å². The molecule has 0 saturated carbocycles. The van der Waals surface area contributed by atoms with Crippen LogP contribution in [0, 0.1) is 0 Å². The molecule has 0 spiro atoms. The highest BCUT2D eigenvalue weighted by Gasteiger charge is 2.26. The maximum Gasteiger partial charge on any atom is 0.0795 e. The molecule has 3 nitrogen and oxygen atoms in total. The molecule has 0 aliphatic heterocycles. The quantitative estimate of drug-likeness (QED) is 0.200. The van der Waals surface area contributed by atoms with E-state index in [-0.39, 0.29) is 0 Å². The predicted octanol–water partition coefficient (Wildman–Crippen LogP) is 11.3. The van der Waals surface area contributed by atoms with E-state index >= 15 is 0 Å². The second kappa shape index (κ2) is 8.31. The Bertz CT molecular complexity index is 2970. The molecule has 0 aliphatic carbocycles. The van der Waals surface area contributed by atoms with Crippen molar-refractivity contribution < 1.29 is 0 Å². The SMILES string of the molecule is c1ccc(-n2c3ccccc3c3cc4ccc5c6[nH]c7ccccc7c6cc6c5c4c(c32)n6-c2cccc3ccccc23)cc1. The first-order valence-electron chi connectivity index (χ1n) is 15.5. The molecule has 45 heavy (non-hydrogen) atoms. The van der Waals surface area contributed by atoms with Gasteiger partial charge in [-0.25, -0.2) is 0 Å². The van der Waals surface area contributed by atoms with E-state index in [9.17, 15) is 0 Å².